The van der Waals surface area contributed by atoms with Crippen LogP contribution in [0.15, 0.2) is 48.5 Å². The van der Waals surface area contributed by atoms with Gasteiger partial charge in [-0.3, -0.25) is 19.2 Å². The molecule has 0 saturated carbocycles. The Bertz CT molecular complexity index is 1100. The van der Waals surface area contributed by atoms with E-state index in [1.54, 1.807) is 6.92 Å². The number of barbiturate groups is 1. The molecule has 2 aromatic carbocycles. The Hall–Kier alpha value is -3.75. The largest absolute Gasteiger partial charge is 0.347 e. The number of carbonyl (C=O) groups is 5. The lowest BCUT2D eigenvalue weighted by Gasteiger charge is -2.45. The highest BCUT2D eigenvalue weighted by Gasteiger charge is 2.62. The fourth-order valence-corrected chi connectivity index (χ4v) is 4.38. The van der Waals surface area contributed by atoms with E-state index in [-0.39, 0.29) is 16.2 Å². The average Bonchev–Trinajstić information content (AvgIpc) is 2.80. The van der Waals surface area contributed by atoms with E-state index < -0.39 is 63.8 Å². The summed E-state index contributed by atoms with van der Waals surface area (Å²) in [4.78, 5) is 67.3. The Morgan fingerprint density at radius 2 is 1.24 bits per heavy atom. The third kappa shape index (κ3) is 3.81. The van der Waals surface area contributed by atoms with Crippen LogP contribution in [0, 0.1) is 23.0 Å². The van der Waals surface area contributed by atoms with Gasteiger partial charge in [0, 0.05) is 0 Å². The predicted molar refractivity (Wildman–Crippen MR) is 117 cm³/mol. The van der Waals surface area contributed by atoms with Gasteiger partial charge >= 0.3 is 6.03 Å². The summed E-state index contributed by atoms with van der Waals surface area (Å²) in [5.41, 5.74) is -3.11. The van der Waals surface area contributed by atoms with Crippen molar-refractivity contribution in [2.24, 2.45) is 11.3 Å². The summed E-state index contributed by atoms with van der Waals surface area (Å²) in [6.45, 7) is 4.96. The minimum atomic E-state index is -1.95. The highest BCUT2D eigenvalue weighted by Crippen LogP contribution is 2.42. The lowest BCUT2D eigenvalue weighted by atomic mass is 9.68. The van der Waals surface area contributed by atoms with Crippen LogP contribution >= 0.6 is 0 Å². The number of halogens is 2. The van der Waals surface area contributed by atoms with E-state index >= 15 is 0 Å². The van der Waals surface area contributed by atoms with Crippen LogP contribution in [-0.2, 0) is 9.59 Å². The molecule has 1 fully saturated rings. The standard InChI is InChI=1S/C25H24F2N2O5/c1-4-10-15(3)25(5-2)22(32)28(20(30)16-11-6-8-13-18(16)26)24(34)29(23(25)33)21(31)17-12-7-9-14-19(17)27/h6-9,11-15H,4-5,10H2,1-3H3/t15-/m1/s1. The monoisotopic (exact) mass is 470 g/mol. The molecule has 34 heavy (non-hydrogen) atoms. The molecule has 178 valence electrons. The maximum absolute atomic E-state index is 14.4. The third-order valence-electron chi connectivity index (χ3n) is 6.29. The van der Waals surface area contributed by atoms with Gasteiger partial charge in [-0.2, -0.15) is 9.80 Å². The van der Waals surface area contributed by atoms with Crippen molar-refractivity contribution in [3.8, 4) is 0 Å². The van der Waals surface area contributed by atoms with Crippen molar-refractivity contribution in [1.29, 1.82) is 0 Å². The zero-order valence-corrected chi connectivity index (χ0v) is 19.0. The molecule has 1 aliphatic heterocycles. The number of rotatable bonds is 6. The first-order valence-electron chi connectivity index (χ1n) is 10.9. The SMILES string of the molecule is CCC[C@@H](C)C1(CC)C(=O)N(C(=O)c2ccccc2F)C(=O)N(C(=O)c2ccccc2F)C1=O. The molecule has 1 atom stereocenters. The van der Waals surface area contributed by atoms with Gasteiger partial charge in [-0.15, -0.1) is 0 Å². The maximum Gasteiger partial charge on any atom is 0.347 e. The van der Waals surface area contributed by atoms with Crippen LogP contribution in [0.1, 0.15) is 60.7 Å². The molecule has 9 heteroatoms. The van der Waals surface area contributed by atoms with Crippen LogP contribution in [0.2, 0.25) is 0 Å². The molecule has 1 heterocycles. The molecule has 3 rings (SSSR count). The van der Waals surface area contributed by atoms with E-state index in [1.165, 1.54) is 31.2 Å². The fraction of sp³-hybridized carbons (Fsp3) is 0.320. The van der Waals surface area contributed by atoms with Crippen molar-refractivity contribution < 1.29 is 32.8 Å². The van der Waals surface area contributed by atoms with E-state index in [9.17, 15) is 32.8 Å². The predicted octanol–water partition coefficient (Wildman–Crippen LogP) is 4.57. The van der Waals surface area contributed by atoms with Crippen LogP contribution in [0.25, 0.3) is 0 Å². The zero-order chi connectivity index (χ0) is 25.2. The molecule has 1 saturated heterocycles. The van der Waals surface area contributed by atoms with Crippen molar-refractivity contribution in [1.82, 2.24) is 9.80 Å². The number of urea groups is 1. The van der Waals surface area contributed by atoms with Crippen molar-refractivity contribution in [3.63, 3.8) is 0 Å². The topological polar surface area (TPSA) is 91.8 Å². The molecular formula is C25H24F2N2O5. The van der Waals surface area contributed by atoms with E-state index in [4.69, 9.17) is 0 Å². The van der Waals surface area contributed by atoms with Gasteiger partial charge in [0.15, 0.2) is 0 Å². The lowest BCUT2D eigenvalue weighted by Crippen LogP contribution is -2.69. The Morgan fingerprint density at radius 3 is 1.59 bits per heavy atom. The second kappa shape index (κ2) is 9.62. The number of imide groups is 6. The van der Waals surface area contributed by atoms with Gasteiger partial charge in [0.1, 0.15) is 17.0 Å². The van der Waals surface area contributed by atoms with Crippen LogP contribution in [0.4, 0.5) is 13.6 Å². The molecule has 0 spiro atoms. The molecule has 2 aromatic rings. The summed E-state index contributed by atoms with van der Waals surface area (Å²) in [6, 6.07) is 7.89. The molecule has 7 nitrogen and oxygen atoms in total. The number of hydrogen-bond acceptors (Lipinski definition) is 5. The summed E-state index contributed by atoms with van der Waals surface area (Å²) in [5.74, 6) is -7.53. The van der Waals surface area contributed by atoms with Crippen molar-refractivity contribution in [3.05, 3.63) is 71.3 Å². The second-order valence-electron chi connectivity index (χ2n) is 8.15. The van der Waals surface area contributed by atoms with Crippen LogP contribution in [0.5, 0.6) is 0 Å². The van der Waals surface area contributed by atoms with Gasteiger partial charge in [-0.25, -0.2) is 13.6 Å². The van der Waals surface area contributed by atoms with Gasteiger partial charge < -0.3 is 0 Å². The highest BCUT2D eigenvalue weighted by molar-refractivity contribution is 6.33. The quantitative estimate of drug-likeness (QED) is 0.456. The second-order valence-corrected chi connectivity index (χ2v) is 8.15. The van der Waals surface area contributed by atoms with E-state index in [0.29, 0.717) is 12.8 Å². The van der Waals surface area contributed by atoms with Crippen molar-refractivity contribution in [2.75, 3.05) is 0 Å². The number of nitrogens with zero attached hydrogens (tertiary/aromatic N) is 2. The average molecular weight is 470 g/mol. The summed E-state index contributed by atoms with van der Waals surface area (Å²) < 4.78 is 28.8. The van der Waals surface area contributed by atoms with Gasteiger partial charge in [0.2, 0.25) is 0 Å². The highest BCUT2D eigenvalue weighted by atomic mass is 19.1. The number of hydrogen-bond donors (Lipinski definition) is 0. The normalized spacial score (nSPS) is 16.6. The molecule has 0 aliphatic carbocycles. The molecular weight excluding hydrogens is 446 g/mol. The molecule has 1 aliphatic rings. The first kappa shape index (κ1) is 24.9. The molecule has 0 N–H and O–H groups in total. The van der Waals surface area contributed by atoms with Gasteiger partial charge in [0.25, 0.3) is 23.6 Å². The molecule has 0 aromatic heterocycles. The van der Waals surface area contributed by atoms with Crippen molar-refractivity contribution in [2.45, 2.75) is 40.0 Å². The van der Waals surface area contributed by atoms with Crippen LogP contribution in [0.3, 0.4) is 0 Å². The Labute approximate surface area is 195 Å². The summed E-state index contributed by atoms with van der Waals surface area (Å²) >= 11 is 0. The first-order valence-corrected chi connectivity index (χ1v) is 10.9. The number of amides is 6. The molecule has 0 unspecified atom stereocenters. The lowest BCUT2D eigenvalue weighted by molar-refractivity contribution is -0.159. The van der Waals surface area contributed by atoms with Crippen molar-refractivity contribution >= 4 is 29.7 Å². The Kier molecular flexibility index (Phi) is 7.04. The summed E-state index contributed by atoms with van der Waals surface area (Å²) in [6.07, 6.45) is 0.796. The minimum absolute atomic E-state index is 0.133. The van der Waals surface area contributed by atoms with E-state index in [1.807, 2.05) is 6.92 Å². The molecule has 0 bridgehead atoms. The zero-order valence-electron chi connectivity index (χ0n) is 19.0. The number of carbonyl (C=O) groups excluding carboxylic acids is 5. The first-order chi connectivity index (χ1) is 16.1. The fourth-order valence-electron chi connectivity index (χ4n) is 4.38. The smallest absolute Gasteiger partial charge is 0.273 e. The maximum atomic E-state index is 14.4. The number of benzene rings is 2. The summed E-state index contributed by atoms with van der Waals surface area (Å²) in [5, 5.41) is 0. The summed E-state index contributed by atoms with van der Waals surface area (Å²) in [7, 11) is 0. The van der Waals surface area contributed by atoms with Crippen LogP contribution in [-0.4, -0.2) is 39.5 Å². The minimum Gasteiger partial charge on any atom is -0.273 e. The Balaban J connectivity index is 2.23. The van der Waals surface area contributed by atoms with E-state index in [0.717, 1.165) is 24.3 Å². The Morgan fingerprint density at radius 1 is 0.824 bits per heavy atom. The molecule has 0 radical (unpaired) electrons. The van der Waals surface area contributed by atoms with Gasteiger partial charge in [-0.05, 0) is 43.0 Å². The van der Waals surface area contributed by atoms with Crippen LogP contribution < -0.4 is 0 Å². The third-order valence-corrected chi connectivity index (χ3v) is 6.29. The molecule has 6 amide bonds. The van der Waals surface area contributed by atoms with E-state index in [2.05, 4.69) is 0 Å². The van der Waals surface area contributed by atoms with Gasteiger partial charge in [-0.1, -0.05) is 51.5 Å². The van der Waals surface area contributed by atoms with Gasteiger partial charge in [0.05, 0.1) is 11.1 Å².